The van der Waals surface area contributed by atoms with Crippen molar-refractivity contribution in [3.05, 3.63) is 30.0 Å². The van der Waals surface area contributed by atoms with E-state index in [0.717, 1.165) is 28.6 Å². The van der Waals surface area contributed by atoms with Gasteiger partial charge in [-0.15, -0.1) is 0 Å². The number of carbonyl (C=O) groups excluding carboxylic acids is 1. The topological polar surface area (TPSA) is 31.2 Å². The second-order valence-electron chi connectivity index (χ2n) is 4.39. The van der Waals surface area contributed by atoms with Crippen molar-refractivity contribution < 1.29 is 9.53 Å². The highest BCUT2D eigenvalue weighted by molar-refractivity contribution is 5.83. The van der Waals surface area contributed by atoms with Crippen molar-refractivity contribution in [3.8, 4) is 5.75 Å². The molecule has 0 bridgehead atoms. The van der Waals surface area contributed by atoms with Gasteiger partial charge in [-0.1, -0.05) is 0 Å². The Morgan fingerprint density at radius 3 is 2.71 bits per heavy atom. The Morgan fingerprint density at radius 2 is 2.12 bits per heavy atom. The minimum atomic E-state index is 0.328. The van der Waals surface area contributed by atoms with Crippen LogP contribution in [0.4, 0.5) is 0 Å². The van der Waals surface area contributed by atoms with Crippen molar-refractivity contribution in [1.82, 2.24) is 4.57 Å². The van der Waals surface area contributed by atoms with Crippen molar-refractivity contribution in [2.45, 2.75) is 26.3 Å². The van der Waals surface area contributed by atoms with Crippen molar-refractivity contribution in [2.75, 3.05) is 7.11 Å². The molecule has 0 aliphatic rings. The highest BCUT2D eigenvalue weighted by atomic mass is 16.5. The van der Waals surface area contributed by atoms with Crippen LogP contribution in [0, 0.1) is 0 Å². The van der Waals surface area contributed by atoms with Crippen LogP contribution < -0.4 is 4.74 Å². The van der Waals surface area contributed by atoms with Gasteiger partial charge in [0.15, 0.2) is 0 Å². The summed E-state index contributed by atoms with van der Waals surface area (Å²) >= 11 is 0. The first kappa shape index (κ1) is 11.7. The molecular weight excluding hydrogens is 214 g/mol. The molecule has 0 atom stereocenters. The number of benzene rings is 1. The summed E-state index contributed by atoms with van der Waals surface area (Å²) < 4.78 is 7.43. The van der Waals surface area contributed by atoms with Crippen LogP contribution in [-0.4, -0.2) is 18.0 Å². The molecule has 0 unspecified atom stereocenters. The monoisotopic (exact) mass is 231 g/mol. The molecule has 0 N–H and O–H groups in total. The smallest absolute Gasteiger partial charge is 0.125 e. The van der Waals surface area contributed by atoms with E-state index in [9.17, 15) is 4.79 Å². The standard InChI is InChI=1S/C14H17NO2/c1-10(2)15-12(6-7-16)8-11-4-5-13(17-3)9-14(11)15/h4-5,7-10H,6H2,1-3H3. The zero-order chi connectivity index (χ0) is 12.4. The van der Waals surface area contributed by atoms with Gasteiger partial charge < -0.3 is 14.1 Å². The van der Waals surface area contributed by atoms with E-state index in [1.807, 2.05) is 18.2 Å². The summed E-state index contributed by atoms with van der Waals surface area (Å²) in [5.74, 6) is 0.843. The van der Waals surface area contributed by atoms with Gasteiger partial charge in [-0.05, 0) is 32.0 Å². The summed E-state index contributed by atoms with van der Waals surface area (Å²) in [5.41, 5.74) is 2.18. The molecule has 1 aromatic carbocycles. The third kappa shape index (κ3) is 2.05. The molecule has 17 heavy (non-hydrogen) atoms. The van der Waals surface area contributed by atoms with E-state index < -0.39 is 0 Å². The van der Waals surface area contributed by atoms with Gasteiger partial charge in [0.25, 0.3) is 0 Å². The van der Waals surface area contributed by atoms with Crippen molar-refractivity contribution in [1.29, 1.82) is 0 Å². The molecule has 0 saturated carbocycles. The molecule has 0 aliphatic heterocycles. The first-order valence-electron chi connectivity index (χ1n) is 5.79. The molecule has 2 rings (SSSR count). The maximum atomic E-state index is 10.7. The number of aromatic nitrogens is 1. The summed E-state index contributed by atoms with van der Waals surface area (Å²) in [4.78, 5) is 10.7. The number of rotatable bonds is 4. The SMILES string of the molecule is COc1ccc2cc(CC=O)n(C(C)C)c2c1. The minimum Gasteiger partial charge on any atom is -0.497 e. The maximum absolute atomic E-state index is 10.7. The van der Waals surface area contributed by atoms with Gasteiger partial charge in [-0.25, -0.2) is 0 Å². The zero-order valence-corrected chi connectivity index (χ0v) is 10.4. The van der Waals surface area contributed by atoms with Gasteiger partial charge in [0.05, 0.1) is 12.6 Å². The number of hydrogen-bond acceptors (Lipinski definition) is 2. The number of hydrogen-bond donors (Lipinski definition) is 0. The largest absolute Gasteiger partial charge is 0.497 e. The van der Waals surface area contributed by atoms with Crippen LogP contribution in [0.3, 0.4) is 0 Å². The number of aldehydes is 1. The van der Waals surface area contributed by atoms with E-state index >= 15 is 0 Å². The van der Waals surface area contributed by atoms with Crippen LogP contribution in [0.25, 0.3) is 10.9 Å². The number of nitrogens with zero attached hydrogens (tertiary/aromatic N) is 1. The van der Waals surface area contributed by atoms with Crippen LogP contribution in [0.15, 0.2) is 24.3 Å². The van der Waals surface area contributed by atoms with E-state index in [4.69, 9.17) is 4.74 Å². The maximum Gasteiger partial charge on any atom is 0.125 e. The molecule has 3 nitrogen and oxygen atoms in total. The van der Waals surface area contributed by atoms with Crippen LogP contribution in [0.2, 0.25) is 0 Å². The van der Waals surface area contributed by atoms with Gasteiger partial charge in [0, 0.05) is 29.6 Å². The molecule has 0 radical (unpaired) electrons. The Labute approximate surface area is 101 Å². The quantitative estimate of drug-likeness (QED) is 0.757. The predicted molar refractivity (Wildman–Crippen MR) is 68.6 cm³/mol. The number of methoxy groups -OCH3 is 1. The van der Waals surface area contributed by atoms with Crippen LogP contribution >= 0.6 is 0 Å². The van der Waals surface area contributed by atoms with Gasteiger partial charge in [0.2, 0.25) is 0 Å². The first-order chi connectivity index (χ1) is 8.17. The average molecular weight is 231 g/mol. The van der Waals surface area contributed by atoms with E-state index in [0.29, 0.717) is 12.5 Å². The van der Waals surface area contributed by atoms with E-state index in [-0.39, 0.29) is 0 Å². The van der Waals surface area contributed by atoms with Gasteiger partial charge in [0.1, 0.15) is 12.0 Å². The van der Waals surface area contributed by atoms with Gasteiger partial charge in [-0.3, -0.25) is 0 Å². The molecular formula is C14H17NO2. The molecule has 0 amide bonds. The molecule has 3 heteroatoms. The number of ether oxygens (including phenoxy) is 1. The van der Waals surface area contributed by atoms with E-state index in [1.165, 1.54) is 0 Å². The Bertz CT molecular complexity index is 540. The Kier molecular flexibility index (Phi) is 3.18. The summed E-state index contributed by atoms with van der Waals surface area (Å²) in [6, 6.07) is 8.39. The molecule has 1 heterocycles. The van der Waals surface area contributed by atoms with Crippen LogP contribution in [0.5, 0.6) is 5.75 Å². The molecule has 0 spiro atoms. The Balaban J connectivity index is 2.67. The lowest BCUT2D eigenvalue weighted by molar-refractivity contribution is -0.107. The zero-order valence-electron chi connectivity index (χ0n) is 10.4. The fourth-order valence-electron chi connectivity index (χ4n) is 2.24. The van der Waals surface area contributed by atoms with E-state index in [2.05, 4.69) is 24.5 Å². The molecule has 90 valence electrons. The molecule has 0 fully saturated rings. The summed E-state index contributed by atoms with van der Waals surface area (Å²) in [7, 11) is 1.66. The fraction of sp³-hybridized carbons (Fsp3) is 0.357. The fourth-order valence-corrected chi connectivity index (χ4v) is 2.24. The van der Waals surface area contributed by atoms with Crippen molar-refractivity contribution >= 4 is 17.2 Å². The summed E-state index contributed by atoms with van der Waals surface area (Å²) in [6.45, 7) is 4.24. The number of carbonyl (C=O) groups is 1. The number of fused-ring (bicyclic) bond motifs is 1. The lowest BCUT2D eigenvalue weighted by atomic mass is 10.2. The third-order valence-electron chi connectivity index (χ3n) is 2.94. The first-order valence-corrected chi connectivity index (χ1v) is 5.79. The van der Waals surface area contributed by atoms with Gasteiger partial charge >= 0.3 is 0 Å². The second-order valence-corrected chi connectivity index (χ2v) is 4.39. The molecule has 2 aromatic rings. The average Bonchev–Trinajstić information content (AvgIpc) is 2.66. The normalized spacial score (nSPS) is 11.1. The van der Waals surface area contributed by atoms with Crippen molar-refractivity contribution in [2.24, 2.45) is 0 Å². The molecule has 0 aliphatic carbocycles. The van der Waals surface area contributed by atoms with Crippen molar-refractivity contribution in [3.63, 3.8) is 0 Å². The van der Waals surface area contributed by atoms with Crippen LogP contribution in [0.1, 0.15) is 25.6 Å². The molecule has 1 aromatic heterocycles. The Morgan fingerprint density at radius 1 is 1.35 bits per heavy atom. The Hall–Kier alpha value is -1.77. The van der Waals surface area contributed by atoms with Crippen LogP contribution in [-0.2, 0) is 11.2 Å². The lowest BCUT2D eigenvalue weighted by Gasteiger charge is -2.13. The second kappa shape index (κ2) is 4.62. The lowest BCUT2D eigenvalue weighted by Crippen LogP contribution is -2.05. The van der Waals surface area contributed by atoms with Gasteiger partial charge in [-0.2, -0.15) is 0 Å². The third-order valence-corrected chi connectivity index (χ3v) is 2.94. The van der Waals surface area contributed by atoms with E-state index in [1.54, 1.807) is 7.11 Å². The summed E-state index contributed by atoms with van der Waals surface area (Å²) in [5, 5.41) is 1.15. The molecule has 0 saturated heterocycles. The minimum absolute atomic E-state index is 0.328. The highest BCUT2D eigenvalue weighted by Crippen LogP contribution is 2.27. The predicted octanol–water partition coefficient (Wildman–Crippen LogP) is 2.97. The summed E-state index contributed by atoms with van der Waals surface area (Å²) in [6.07, 6.45) is 1.40. The highest BCUT2D eigenvalue weighted by Gasteiger charge is 2.11.